The summed E-state index contributed by atoms with van der Waals surface area (Å²) in [4.78, 5) is 37.5. The van der Waals surface area contributed by atoms with Crippen LogP contribution in [0.3, 0.4) is 0 Å². The highest BCUT2D eigenvalue weighted by atomic mass is 32.2. The zero-order valence-electron chi connectivity index (χ0n) is 20.4. The van der Waals surface area contributed by atoms with Gasteiger partial charge in [-0.05, 0) is 74.0 Å². The molecule has 0 aromatic carbocycles. The molecule has 0 aromatic heterocycles. The maximum Gasteiger partial charge on any atom is 0.305 e. The highest BCUT2D eigenvalue weighted by molar-refractivity contribution is 7.98. The first kappa shape index (κ1) is 24.9. The van der Waals surface area contributed by atoms with E-state index in [0.29, 0.717) is 25.2 Å². The Balaban J connectivity index is 1.67. The Hall–Kier alpha value is -1.18. The summed E-state index contributed by atoms with van der Waals surface area (Å²) in [6, 6.07) is 0. The van der Waals surface area contributed by atoms with Gasteiger partial charge in [0.2, 0.25) is 5.78 Å². The van der Waals surface area contributed by atoms with Crippen molar-refractivity contribution in [3.05, 3.63) is 11.6 Å². The lowest BCUT2D eigenvalue weighted by atomic mass is 9.45. The van der Waals surface area contributed by atoms with Crippen LogP contribution in [0.2, 0.25) is 0 Å². The quantitative estimate of drug-likeness (QED) is 0.435. The lowest BCUT2D eigenvalue weighted by Crippen LogP contribution is -2.63. The fourth-order valence-electron chi connectivity index (χ4n) is 7.98. The first-order valence-corrected chi connectivity index (χ1v) is 13.8. The number of carbonyl (C=O) groups excluding carboxylic acids is 3. The van der Waals surface area contributed by atoms with Gasteiger partial charge < -0.3 is 14.6 Å². The third-order valence-electron chi connectivity index (χ3n) is 9.54. The molecule has 3 saturated carbocycles. The number of carbonyl (C=O) groups is 3. The van der Waals surface area contributed by atoms with Crippen LogP contribution in [0.4, 0.5) is 0 Å². The molecule has 4 rings (SSSR count). The van der Waals surface area contributed by atoms with Crippen LogP contribution >= 0.6 is 11.8 Å². The molecule has 1 N–H and O–H groups in total. The van der Waals surface area contributed by atoms with Gasteiger partial charge >= 0.3 is 5.97 Å². The Morgan fingerprint density at radius 3 is 2.67 bits per heavy atom. The summed E-state index contributed by atoms with van der Waals surface area (Å²) >= 11 is 1.53. The van der Waals surface area contributed by atoms with Crippen molar-refractivity contribution >= 4 is 29.3 Å². The standard InChI is InChI=1S/C26H38O6S/c1-5-22(30)31-14-21(29)26(32-15-33-4)11-9-19-18-7-6-16-12-17(27)8-10-24(16,2)23(18)20(28)13-25(19,26)3/h12,18-20,23,28H,5-11,13-15H2,1-4H3/t18-,19-,20?,23+,24-,25-,26-/m0/s1. The fourth-order valence-corrected chi connectivity index (χ4v) is 8.29. The summed E-state index contributed by atoms with van der Waals surface area (Å²) in [5, 5.41) is 11.6. The highest BCUT2D eigenvalue weighted by Gasteiger charge is 2.69. The van der Waals surface area contributed by atoms with Crippen molar-refractivity contribution in [2.45, 2.75) is 83.8 Å². The molecule has 4 aliphatic carbocycles. The second-order valence-electron chi connectivity index (χ2n) is 10.9. The van der Waals surface area contributed by atoms with E-state index >= 15 is 0 Å². The monoisotopic (exact) mass is 478 g/mol. The molecule has 6 nitrogen and oxygen atoms in total. The first-order chi connectivity index (χ1) is 15.6. The van der Waals surface area contributed by atoms with Gasteiger partial charge in [0.15, 0.2) is 12.4 Å². The lowest BCUT2D eigenvalue weighted by molar-refractivity contribution is -0.193. The molecule has 7 atom stereocenters. The van der Waals surface area contributed by atoms with Crippen molar-refractivity contribution in [2.75, 3.05) is 18.8 Å². The van der Waals surface area contributed by atoms with Gasteiger partial charge in [-0.3, -0.25) is 14.4 Å². The van der Waals surface area contributed by atoms with Crippen LogP contribution in [-0.2, 0) is 23.9 Å². The van der Waals surface area contributed by atoms with E-state index in [1.165, 1.54) is 17.3 Å². The molecule has 0 saturated heterocycles. The smallest absolute Gasteiger partial charge is 0.305 e. The van der Waals surface area contributed by atoms with E-state index < -0.39 is 23.1 Å². The molecule has 3 fully saturated rings. The van der Waals surface area contributed by atoms with Gasteiger partial charge in [-0.25, -0.2) is 0 Å². The van der Waals surface area contributed by atoms with Crippen molar-refractivity contribution in [1.29, 1.82) is 0 Å². The van der Waals surface area contributed by atoms with Gasteiger partial charge in [-0.15, -0.1) is 11.8 Å². The number of rotatable bonds is 7. The molecule has 184 valence electrons. The minimum absolute atomic E-state index is 0.0908. The van der Waals surface area contributed by atoms with Crippen LogP contribution in [0.25, 0.3) is 0 Å². The van der Waals surface area contributed by atoms with E-state index in [1.54, 1.807) is 6.92 Å². The van der Waals surface area contributed by atoms with Crippen LogP contribution in [0.5, 0.6) is 0 Å². The van der Waals surface area contributed by atoms with E-state index in [9.17, 15) is 19.5 Å². The zero-order valence-corrected chi connectivity index (χ0v) is 21.2. The highest BCUT2D eigenvalue weighted by Crippen LogP contribution is 2.68. The molecular weight excluding hydrogens is 440 g/mol. The van der Waals surface area contributed by atoms with Crippen molar-refractivity contribution < 1.29 is 29.0 Å². The van der Waals surface area contributed by atoms with E-state index in [0.717, 1.165) is 25.7 Å². The minimum atomic E-state index is -1.06. The molecule has 0 spiro atoms. The molecule has 1 unspecified atom stereocenters. The molecule has 0 heterocycles. The van der Waals surface area contributed by atoms with Gasteiger partial charge in [0, 0.05) is 18.3 Å². The molecule has 33 heavy (non-hydrogen) atoms. The van der Waals surface area contributed by atoms with Gasteiger partial charge in [-0.1, -0.05) is 26.3 Å². The summed E-state index contributed by atoms with van der Waals surface area (Å²) in [6.07, 6.45) is 8.51. The van der Waals surface area contributed by atoms with Crippen LogP contribution < -0.4 is 0 Å². The average Bonchev–Trinajstić information content (AvgIpc) is 3.08. The maximum atomic E-state index is 13.6. The van der Waals surface area contributed by atoms with Crippen molar-refractivity contribution in [2.24, 2.45) is 28.6 Å². The molecule has 0 amide bonds. The first-order valence-electron chi connectivity index (χ1n) is 12.4. The minimum Gasteiger partial charge on any atom is -0.458 e. The maximum absolute atomic E-state index is 13.6. The number of ether oxygens (including phenoxy) is 2. The number of aliphatic hydroxyl groups excluding tert-OH is 1. The number of Topliss-reactive ketones (excluding diaryl/α,β-unsaturated/α-hetero) is 1. The fraction of sp³-hybridized carbons (Fsp3) is 0.808. The second-order valence-corrected chi connectivity index (χ2v) is 11.7. The summed E-state index contributed by atoms with van der Waals surface area (Å²) in [5.41, 5.74) is -0.543. The van der Waals surface area contributed by atoms with Crippen molar-refractivity contribution in [3.63, 3.8) is 0 Å². The summed E-state index contributed by atoms with van der Waals surface area (Å²) in [6.45, 7) is 5.78. The SMILES string of the molecule is CCC(=O)OCC(=O)[C@@]1(OCSC)CC[C@H]2[C@@H]3CCC4=CC(=O)CC[C@]4(C)[C@H]3C(O)C[C@@]21C. The average molecular weight is 479 g/mol. The Morgan fingerprint density at radius 2 is 1.97 bits per heavy atom. The summed E-state index contributed by atoms with van der Waals surface area (Å²) in [7, 11) is 0. The van der Waals surface area contributed by atoms with Crippen molar-refractivity contribution in [3.8, 4) is 0 Å². The third kappa shape index (κ3) is 3.82. The Morgan fingerprint density at radius 1 is 1.21 bits per heavy atom. The molecular formula is C26H38O6S. The summed E-state index contributed by atoms with van der Waals surface area (Å²) < 4.78 is 11.6. The normalized spacial score (nSPS) is 42.1. The number of hydrogen-bond donors (Lipinski definition) is 1. The number of fused-ring (bicyclic) bond motifs is 5. The number of aliphatic hydroxyl groups is 1. The predicted molar refractivity (Wildman–Crippen MR) is 127 cm³/mol. The number of hydrogen-bond acceptors (Lipinski definition) is 7. The van der Waals surface area contributed by atoms with Gasteiger partial charge in [-0.2, -0.15) is 0 Å². The molecule has 0 bridgehead atoms. The van der Waals surface area contributed by atoms with Crippen molar-refractivity contribution in [1.82, 2.24) is 0 Å². The van der Waals surface area contributed by atoms with Crippen LogP contribution in [-0.4, -0.2) is 53.1 Å². The Labute approximate surface area is 201 Å². The molecule has 0 radical (unpaired) electrons. The number of thioether (sulfide) groups is 1. The van der Waals surface area contributed by atoms with Crippen LogP contribution in [0.1, 0.15) is 72.1 Å². The van der Waals surface area contributed by atoms with E-state index in [4.69, 9.17) is 9.47 Å². The Bertz CT molecular complexity index is 854. The summed E-state index contributed by atoms with van der Waals surface area (Å²) in [5.74, 6) is 0.626. The van der Waals surface area contributed by atoms with Gasteiger partial charge in [0.05, 0.1) is 12.0 Å². The van der Waals surface area contributed by atoms with E-state index in [2.05, 4.69) is 13.8 Å². The molecule has 0 aliphatic heterocycles. The zero-order chi connectivity index (χ0) is 24.0. The van der Waals surface area contributed by atoms with E-state index in [-0.39, 0.29) is 47.8 Å². The third-order valence-corrected chi connectivity index (χ3v) is 9.90. The van der Waals surface area contributed by atoms with Gasteiger partial charge in [0.1, 0.15) is 5.60 Å². The molecule has 0 aromatic rings. The Kier molecular flexibility index (Phi) is 6.89. The predicted octanol–water partition coefficient (Wildman–Crippen LogP) is 4.09. The topological polar surface area (TPSA) is 89.9 Å². The van der Waals surface area contributed by atoms with Gasteiger partial charge in [0.25, 0.3) is 0 Å². The lowest BCUT2D eigenvalue weighted by Gasteiger charge is -2.61. The van der Waals surface area contributed by atoms with E-state index in [1.807, 2.05) is 12.3 Å². The molecule has 4 aliphatic rings. The van der Waals surface area contributed by atoms with Crippen LogP contribution in [0, 0.1) is 28.6 Å². The largest absolute Gasteiger partial charge is 0.458 e. The number of allylic oxidation sites excluding steroid dienone is 1. The second kappa shape index (κ2) is 9.12. The number of esters is 1. The molecule has 7 heteroatoms. The van der Waals surface area contributed by atoms with Crippen LogP contribution in [0.15, 0.2) is 11.6 Å². The number of ketones is 2.